The highest BCUT2D eigenvalue weighted by atomic mass is 32.1. The molecule has 1 N–H and O–H groups in total. The van der Waals surface area contributed by atoms with Gasteiger partial charge >= 0.3 is 0 Å². The Balaban J connectivity index is 2.65. The maximum atomic E-state index is 5.22. The highest BCUT2D eigenvalue weighted by Crippen LogP contribution is 2.18. The van der Waals surface area contributed by atoms with E-state index in [9.17, 15) is 0 Å². The summed E-state index contributed by atoms with van der Waals surface area (Å²) in [7, 11) is 1.93. The summed E-state index contributed by atoms with van der Waals surface area (Å²) in [5, 5.41) is 7.36. The summed E-state index contributed by atoms with van der Waals surface area (Å²) in [5.74, 6) is 2.65. The van der Waals surface area contributed by atoms with Crippen LogP contribution >= 0.6 is 11.3 Å². The van der Waals surface area contributed by atoms with Gasteiger partial charge in [-0.15, -0.1) is 12.3 Å². The van der Waals surface area contributed by atoms with Crippen LogP contribution < -0.4 is 5.32 Å². The van der Waals surface area contributed by atoms with Gasteiger partial charge in [0.05, 0.1) is 0 Å². The third-order valence-electron chi connectivity index (χ3n) is 1.62. The molecule has 0 spiro atoms. The van der Waals surface area contributed by atoms with Gasteiger partial charge in [-0.3, -0.25) is 0 Å². The van der Waals surface area contributed by atoms with E-state index >= 15 is 0 Å². The quantitative estimate of drug-likeness (QED) is 0.676. The first-order valence-electron chi connectivity index (χ1n) is 3.51. The van der Waals surface area contributed by atoms with Crippen molar-refractivity contribution in [3.8, 4) is 12.3 Å². The number of hydrogen-bond acceptors (Lipinski definition) is 2. The number of terminal acetylenes is 1. The van der Waals surface area contributed by atoms with Crippen LogP contribution in [0.2, 0.25) is 0 Å². The Kier molecular flexibility index (Phi) is 3.15. The van der Waals surface area contributed by atoms with Crippen LogP contribution in [0.25, 0.3) is 0 Å². The van der Waals surface area contributed by atoms with Crippen molar-refractivity contribution >= 4 is 11.3 Å². The second-order valence-corrected chi connectivity index (χ2v) is 3.09. The lowest BCUT2D eigenvalue weighted by Crippen LogP contribution is -2.14. The standard InChI is InChI=1S/C9H11NS/c1-3-4-9(10-2)8-5-6-11-7-8/h1,5-7,9-10H,4H2,2H3. The Bertz CT molecular complexity index is 233. The molecule has 0 aliphatic rings. The molecule has 0 saturated carbocycles. The van der Waals surface area contributed by atoms with Crippen LogP contribution in [0.3, 0.4) is 0 Å². The van der Waals surface area contributed by atoms with Crippen LogP contribution in [0.4, 0.5) is 0 Å². The first-order chi connectivity index (χ1) is 5.38. The molecule has 1 heterocycles. The average Bonchev–Trinajstić information content (AvgIpc) is 2.52. The molecule has 1 rings (SSSR count). The molecule has 0 aromatic carbocycles. The second-order valence-electron chi connectivity index (χ2n) is 2.31. The van der Waals surface area contributed by atoms with Gasteiger partial charge in [0, 0.05) is 12.5 Å². The largest absolute Gasteiger partial charge is 0.312 e. The van der Waals surface area contributed by atoms with E-state index < -0.39 is 0 Å². The van der Waals surface area contributed by atoms with Crippen molar-refractivity contribution in [3.05, 3.63) is 22.4 Å². The maximum Gasteiger partial charge on any atom is 0.0436 e. The van der Waals surface area contributed by atoms with Gasteiger partial charge < -0.3 is 5.32 Å². The molecule has 0 saturated heterocycles. The van der Waals surface area contributed by atoms with Gasteiger partial charge in [-0.1, -0.05) is 0 Å². The molecule has 0 fully saturated rings. The van der Waals surface area contributed by atoms with Gasteiger partial charge in [0.2, 0.25) is 0 Å². The van der Waals surface area contributed by atoms with E-state index in [1.165, 1.54) is 5.56 Å². The summed E-state index contributed by atoms with van der Waals surface area (Å²) in [6.07, 6.45) is 5.98. The minimum atomic E-state index is 0.325. The monoisotopic (exact) mass is 165 g/mol. The molecule has 1 atom stereocenters. The number of thiophene rings is 1. The molecule has 1 aromatic rings. The van der Waals surface area contributed by atoms with E-state index in [2.05, 4.69) is 28.1 Å². The summed E-state index contributed by atoms with van der Waals surface area (Å²) in [6, 6.07) is 2.43. The summed E-state index contributed by atoms with van der Waals surface area (Å²) in [5.41, 5.74) is 1.29. The van der Waals surface area contributed by atoms with Crippen LogP contribution in [0, 0.1) is 12.3 Å². The smallest absolute Gasteiger partial charge is 0.0436 e. The molecule has 0 amide bonds. The molecule has 0 radical (unpaired) electrons. The molecule has 1 nitrogen and oxygen atoms in total. The molecule has 1 unspecified atom stereocenters. The van der Waals surface area contributed by atoms with Crippen molar-refractivity contribution in [2.75, 3.05) is 7.05 Å². The third kappa shape index (κ3) is 2.07. The van der Waals surface area contributed by atoms with Crippen molar-refractivity contribution in [1.29, 1.82) is 0 Å². The van der Waals surface area contributed by atoms with Crippen molar-refractivity contribution in [3.63, 3.8) is 0 Å². The third-order valence-corrected chi connectivity index (χ3v) is 2.32. The van der Waals surface area contributed by atoms with Crippen molar-refractivity contribution in [2.24, 2.45) is 0 Å². The topological polar surface area (TPSA) is 12.0 Å². The molecular weight excluding hydrogens is 154 g/mol. The predicted molar refractivity (Wildman–Crippen MR) is 49.6 cm³/mol. The number of rotatable bonds is 3. The highest BCUT2D eigenvalue weighted by Gasteiger charge is 2.06. The van der Waals surface area contributed by atoms with Crippen molar-refractivity contribution in [1.82, 2.24) is 5.32 Å². The van der Waals surface area contributed by atoms with Crippen molar-refractivity contribution < 1.29 is 0 Å². The van der Waals surface area contributed by atoms with Crippen LogP contribution in [0.5, 0.6) is 0 Å². The van der Waals surface area contributed by atoms with Crippen LogP contribution in [0.15, 0.2) is 16.8 Å². The molecule has 0 bridgehead atoms. The zero-order chi connectivity index (χ0) is 8.10. The molecule has 58 valence electrons. The molecule has 1 aromatic heterocycles. The van der Waals surface area contributed by atoms with E-state index in [4.69, 9.17) is 6.42 Å². The predicted octanol–water partition coefficient (Wildman–Crippen LogP) is 2.03. The Hall–Kier alpha value is -0.780. The first-order valence-corrected chi connectivity index (χ1v) is 4.45. The lowest BCUT2D eigenvalue weighted by molar-refractivity contribution is 0.613. The average molecular weight is 165 g/mol. The van der Waals surface area contributed by atoms with Crippen molar-refractivity contribution in [2.45, 2.75) is 12.5 Å². The van der Waals surface area contributed by atoms with Gasteiger partial charge in [0.25, 0.3) is 0 Å². The maximum absolute atomic E-state index is 5.22. The molecule has 11 heavy (non-hydrogen) atoms. The molecule has 0 aliphatic heterocycles. The second kappa shape index (κ2) is 4.17. The molecule has 0 aliphatic carbocycles. The van der Waals surface area contributed by atoms with Crippen LogP contribution in [-0.4, -0.2) is 7.05 Å². The van der Waals surface area contributed by atoms with Gasteiger partial charge in [0.15, 0.2) is 0 Å². The summed E-state index contributed by atoms with van der Waals surface area (Å²) in [4.78, 5) is 0. The Morgan fingerprint density at radius 2 is 2.64 bits per heavy atom. The summed E-state index contributed by atoms with van der Waals surface area (Å²) >= 11 is 1.70. The lowest BCUT2D eigenvalue weighted by Gasteiger charge is -2.10. The molecular formula is C9H11NS. The number of hydrogen-bond donors (Lipinski definition) is 1. The number of nitrogens with one attached hydrogen (secondary N) is 1. The molecule has 2 heteroatoms. The normalized spacial score (nSPS) is 12.4. The SMILES string of the molecule is C#CCC(NC)c1ccsc1. The van der Waals surface area contributed by atoms with Gasteiger partial charge in [-0.2, -0.15) is 11.3 Å². The van der Waals surface area contributed by atoms with Crippen LogP contribution in [0.1, 0.15) is 18.0 Å². The highest BCUT2D eigenvalue weighted by molar-refractivity contribution is 7.07. The fourth-order valence-corrected chi connectivity index (χ4v) is 1.69. The Morgan fingerprint density at radius 3 is 3.09 bits per heavy atom. The van der Waals surface area contributed by atoms with E-state index in [1.807, 2.05) is 7.05 Å². The lowest BCUT2D eigenvalue weighted by atomic mass is 10.1. The van der Waals surface area contributed by atoms with E-state index in [-0.39, 0.29) is 0 Å². The fraction of sp³-hybridized carbons (Fsp3) is 0.333. The van der Waals surface area contributed by atoms with Gasteiger partial charge in [0.1, 0.15) is 0 Å². The van der Waals surface area contributed by atoms with Gasteiger partial charge in [-0.25, -0.2) is 0 Å². The summed E-state index contributed by atoms with van der Waals surface area (Å²) < 4.78 is 0. The van der Waals surface area contributed by atoms with E-state index in [0.29, 0.717) is 6.04 Å². The van der Waals surface area contributed by atoms with Crippen LogP contribution in [-0.2, 0) is 0 Å². The minimum absolute atomic E-state index is 0.325. The Morgan fingerprint density at radius 1 is 1.82 bits per heavy atom. The van der Waals surface area contributed by atoms with E-state index in [0.717, 1.165) is 6.42 Å². The minimum Gasteiger partial charge on any atom is -0.312 e. The Labute approximate surface area is 71.4 Å². The fourth-order valence-electron chi connectivity index (χ4n) is 0.978. The zero-order valence-electron chi connectivity index (χ0n) is 6.50. The van der Waals surface area contributed by atoms with Gasteiger partial charge in [-0.05, 0) is 29.4 Å². The summed E-state index contributed by atoms with van der Waals surface area (Å²) in [6.45, 7) is 0. The van der Waals surface area contributed by atoms with E-state index in [1.54, 1.807) is 11.3 Å². The first kappa shape index (κ1) is 8.32. The zero-order valence-corrected chi connectivity index (χ0v) is 7.32.